The van der Waals surface area contributed by atoms with Crippen molar-refractivity contribution in [2.45, 2.75) is 10.6 Å². The number of carbonyl (C=O) groups is 1. The molecule has 98 valence electrons. The van der Waals surface area contributed by atoms with Crippen molar-refractivity contribution in [3.63, 3.8) is 0 Å². The zero-order valence-corrected chi connectivity index (χ0v) is 12.0. The predicted molar refractivity (Wildman–Crippen MR) is 76.2 cm³/mol. The molecule has 1 heterocycles. The number of nitrogens with zero attached hydrogens (tertiary/aromatic N) is 1. The number of rotatable bonds is 4. The molecule has 0 aliphatic rings. The molecule has 0 fully saturated rings. The van der Waals surface area contributed by atoms with E-state index in [0.29, 0.717) is 16.7 Å². The van der Waals surface area contributed by atoms with Crippen LogP contribution < -0.4 is 0 Å². The SMILES string of the molecule is O=Cc1c(CS(=O)c2ccccc2)cc(Cl)nc1Cl. The second-order valence-electron chi connectivity index (χ2n) is 3.73. The highest BCUT2D eigenvalue weighted by molar-refractivity contribution is 7.84. The molecule has 6 heteroatoms. The number of benzene rings is 1. The number of carbonyl (C=O) groups excluding carboxylic acids is 1. The maximum Gasteiger partial charge on any atom is 0.153 e. The monoisotopic (exact) mass is 313 g/mol. The van der Waals surface area contributed by atoms with Crippen LogP contribution in [0.5, 0.6) is 0 Å². The van der Waals surface area contributed by atoms with Crippen LogP contribution in [0.3, 0.4) is 0 Å². The molecule has 1 unspecified atom stereocenters. The van der Waals surface area contributed by atoms with Gasteiger partial charge in [0.1, 0.15) is 10.3 Å². The number of pyridine rings is 1. The summed E-state index contributed by atoms with van der Waals surface area (Å²) in [5.74, 6) is 0.167. The smallest absolute Gasteiger partial charge is 0.153 e. The summed E-state index contributed by atoms with van der Waals surface area (Å²) in [7, 11) is -1.27. The van der Waals surface area contributed by atoms with Gasteiger partial charge in [0, 0.05) is 4.90 Å². The van der Waals surface area contributed by atoms with Crippen LogP contribution in [0.25, 0.3) is 0 Å². The Morgan fingerprint density at radius 1 is 1.21 bits per heavy atom. The normalized spacial score (nSPS) is 12.1. The molecule has 2 aromatic rings. The number of aldehydes is 1. The zero-order valence-electron chi connectivity index (χ0n) is 9.68. The van der Waals surface area contributed by atoms with Crippen molar-refractivity contribution in [1.29, 1.82) is 0 Å². The van der Waals surface area contributed by atoms with Gasteiger partial charge in [0.05, 0.1) is 22.1 Å². The van der Waals surface area contributed by atoms with Gasteiger partial charge in [-0.25, -0.2) is 4.98 Å². The summed E-state index contributed by atoms with van der Waals surface area (Å²) in [6.45, 7) is 0. The maximum absolute atomic E-state index is 12.2. The maximum atomic E-state index is 12.2. The third kappa shape index (κ3) is 3.41. The van der Waals surface area contributed by atoms with Crippen LogP contribution in [0, 0.1) is 0 Å². The van der Waals surface area contributed by atoms with Gasteiger partial charge >= 0.3 is 0 Å². The Balaban J connectivity index is 2.34. The molecule has 0 radical (unpaired) electrons. The summed E-state index contributed by atoms with van der Waals surface area (Å²) >= 11 is 11.6. The molecular weight excluding hydrogens is 305 g/mol. The molecule has 0 saturated heterocycles. The van der Waals surface area contributed by atoms with E-state index in [2.05, 4.69) is 4.98 Å². The molecule has 0 spiro atoms. The first-order valence-electron chi connectivity index (χ1n) is 5.35. The van der Waals surface area contributed by atoms with Crippen LogP contribution in [-0.2, 0) is 16.6 Å². The lowest BCUT2D eigenvalue weighted by atomic mass is 10.2. The summed E-state index contributed by atoms with van der Waals surface area (Å²) in [5.41, 5.74) is 0.762. The molecular formula is C13H9Cl2NO2S. The molecule has 0 amide bonds. The molecule has 1 aromatic heterocycles. The fraction of sp³-hybridized carbons (Fsp3) is 0.0769. The van der Waals surface area contributed by atoms with Crippen molar-refractivity contribution in [3.8, 4) is 0 Å². The molecule has 2 rings (SSSR count). The average molecular weight is 314 g/mol. The molecule has 0 aliphatic carbocycles. The molecule has 1 atom stereocenters. The van der Waals surface area contributed by atoms with Crippen molar-refractivity contribution in [2.75, 3.05) is 0 Å². The van der Waals surface area contributed by atoms with Gasteiger partial charge in [0.2, 0.25) is 0 Å². The lowest BCUT2D eigenvalue weighted by Crippen LogP contribution is -2.02. The predicted octanol–water partition coefficient (Wildman–Crippen LogP) is 3.51. The molecule has 0 N–H and O–H groups in total. The van der Waals surface area contributed by atoms with Crippen LogP contribution in [0.2, 0.25) is 10.3 Å². The van der Waals surface area contributed by atoms with E-state index in [1.807, 2.05) is 6.07 Å². The highest BCUT2D eigenvalue weighted by Gasteiger charge is 2.13. The second-order valence-corrected chi connectivity index (χ2v) is 5.93. The van der Waals surface area contributed by atoms with E-state index < -0.39 is 10.8 Å². The minimum absolute atomic E-state index is 0.0301. The van der Waals surface area contributed by atoms with Gasteiger partial charge in [-0.15, -0.1) is 0 Å². The lowest BCUT2D eigenvalue weighted by Gasteiger charge is -2.07. The van der Waals surface area contributed by atoms with E-state index in [0.717, 1.165) is 0 Å². The van der Waals surface area contributed by atoms with Crippen LogP contribution >= 0.6 is 23.2 Å². The van der Waals surface area contributed by atoms with Crippen molar-refractivity contribution in [2.24, 2.45) is 0 Å². The summed E-state index contributed by atoms with van der Waals surface area (Å²) in [6.07, 6.45) is 0.600. The van der Waals surface area contributed by atoms with Gasteiger partial charge in [0.25, 0.3) is 0 Å². The second kappa shape index (κ2) is 6.28. The molecule has 0 bridgehead atoms. The molecule has 0 saturated carbocycles. The Morgan fingerprint density at radius 3 is 2.53 bits per heavy atom. The minimum Gasteiger partial charge on any atom is -0.298 e. The Kier molecular flexibility index (Phi) is 4.69. The van der Waals surface area contributed by atoms with Gasteiger partial charge in [0.15, 0.2) is 6.29 Å². The number of hydrogen-bond donors (Lipinski definition) is 0. The van der Waals surface area contributed by atoms with Crippen molar-refractivity contribution < 1.29 is 9.00 Å². The Hall–Kier alpha value is -1.23. The third-order valence-electron chi connectivity index (χ3n) is 2.48. The van der Waals surface area contributed by atoms with Crippen molar-refractivity contribution in [1.82, 2.24) is 4.98 Å². The van der Waals surface area contributed by atoms with Crippen LogP contribution in [0.4, 0.5) is 0 Å². The fourth-order valence-electron chi connectivity index (χ4n) is 1.58. The lowest BCUT2D eigenvalue weighted by molar-refractivity contribution is 0.112. The van der Waals surface area contributed by atoms with E-state index in [-0.39, 0.29) is 21.6 Å². The summed E-state index contributed by atoms with van der Waals surface area (Å²) in [5, 5.41) is 0.207. The van der Waals surface area contributed by atoms with E-state index >= 15 is 0 Å². The minimum atomic E-state index is -1.27. The average Bonchev–Trinajstić information content (AvgIpc) is 2.39. The van der Waals surface area contributed by atoms with E-state index in [1.165, 1.54) is 6.07 Å². The van der Waals surface area contributed by atoms with Gasteiger partial charge in [-0.2, -0.15) is 0 Å². The van der Waals surface area contributed by atoms with Gasteiger partial charge in [-0.1, -0.05) is 41.4 Å². The summed E-state index contributed by atoms with van der Waals surface area (Å²) in [6, 6.07) is 10.5. The van der Waals surface area contributed by atoms with Crippen LogP contribution in [-0.4, -0.2) is 15.5 Å². The van der Waals surface area contributed by atoms with Crippen molar-refractivity contribution in [3.05, 3.63) is 57.8 Å². The fourth-order valence-corrected chi connectivity index (χ4v) is 3.25. The summed E-state index contributed by atoms with van der Waals surface area (Å²) in [4.78, 5) is 15.5. The molecule has 3 nitrogen and oxygen atoms in total. The van der Waals surface area contributed by atoms with Gasteiger partial charge in [-0.05, 0) is 23.8 Å². The Morgan fingerprint density at radius 2 is 1.89 bits per heavy atom. The number of hydrogen-bond acceptors (Lipinski definition) is 3. The first-order chi connectivity index (χ1) is 9.11. The standard InChI is InChI=1S/C13H9Cl2NO2S/c14-12-6-9(11(7-17)13(15)16-12)8-19(18)10-4-2-1-3-5-10/h1-7H,8H2. The highest BCUT2D eigenvalue weighted by atomic mass is 35.5. The van der Waals surface area contributed by atoms with Crippen LogP contribution in [0.1, 0.15) is 15.9 Å². The zero-order chi connectivity index (χ0) is 13.8. The Bertz CT molecular complexity index is 632. The van der Waals surface area contributed by atoms with E-state index in [1.54, 1.807) is 24.3 Å². The third-order valence-corrected chi connectivity index (χ3v) is 4.33. The first-order valence-corrected chi connectivity index (χ1v) is 7.43. The number of halogens is 2. The topological polar surface area (TPSA) is 47.0 Å². The first kappa shape index (κ1) is 14.2. The largest absolute Gasteiger partial charge is 0.298 e. The molecule has 1 aromatic carbocycles. The van der Waals surface area contributed by atoms with Gasteiger partial charge < -0.3 is 0 Å². The molecule has 19 heavy (non-hydrogen) atoms. The quantitative estimate of drug-likeness (QED) is 0.641. The van der Waals surface area contributed by atoms with Crippen molar-refractivity contribution >= 4 is 40.3 Å². The summed E-state index contributed by atoms with van der Waals surface area (Å²) < 4.78 is 12.2. The van der Waals surface area contributed by atoms with Gasteiger partial charge in [-0.3, -0.25) is 9.00 Å². The van der Waals surface area contributed by atoms with Crippen LogP contribution in [0.15, 0.2) is 41.3 Å². The van der Waals surface area contributed by atoms with E-state index in [4.69, 9.17) is 23.2 Å². The number of aromatic nitrogens is 1. The Labute approximate surface area is 123 Å². The van der Waals surface area contributed by atoms with E-state index in [9.17, 15) is 9.00 Å². The highest BCUT2D eigenvalue weighted by Crippen LogP contribution is 2.23. The molecule has 0 aliphatic heterocycles.